The molecule has 114 valence electrons. The zero-order valence-electron chi connectivity index (χ0n) is 12.1. The second-order valence-electron chi connectivity index (χ2n) is 4.76. The highest BCUT2D eigenvalue weighted by molar-refractivity contribution is 7.89. The summed E-state index contributed by atoms with van der Waals surface area (Å²) in [5.41, 5.74) is 0.899. The van der Waals surface area contributed by atoms with Crippen molar-refractivity contribution in [1.82, 2.24) is 9.62 Å². The standard InChI is InChI=1S/C14H23ClN2O2S/c1-3-16-9-4-5-10-20(18,19)17(2)12-13-7-6-8-14(15)11-13/h6-8,11,16H,3-5,9-10,12H2,1-2H3. The maximum atomic E-state index is 12.1. The van der Waals surface area contributed by atoms with Crippen LogP contribution in [-0.2, 0) is 16.6 Å². The highest BCUT2D eigenvalue weighted by atomic mass is 35.5. The van der Waals surface area contributed by atoms with E-state index in [-0.39, 0.29) is 5.75 Å². The lowest BCUT2D eigenvalue weighted by Crippen LogP contribution is -2.29. The zero-order valence-corrected chi connectivity index (χ0v) is 13.7. The third-order valence-electron chi connectivity index (χ3n) is 3.02. The molecular formula is C14H23ClN2O2S. The number of unbranched alkanes of at least 4 members (excludes halogenated alkanes) is 1. The van der Waals surface area contributed by atoms with Gasteiger partial charge in [-0.1, -0.05) is 30.7 Å². The summed E-state index contributed by atoms with van der Waals surface area (Å²) < 4.78 is 25.6. The number of sulfonamides is 1. The summed E-state index contributed by atoms with van der Waals surface area (Å²) in [5.74, 6) is 0.190. The Labute approximate surface area is 127 Å². The average Bonchev–Trinajstić information content (AvgIpc) is 2.38. The van der Waals surface area contributed by atoms with Crippen molar-refractivity contribution in [3.05, 3.63) is 34.9 Å². The number of rotatable bonds is 9. The van der Waals surface area contributed by atoms with Crippen molar-refractivity contribution in [2.24, 2.45) is 0 Å². The molecule has 1 aromatic carbocycles. The summed E-state index contributed by atoms with van der Waals surface area (Å²) in [4.78, 5) is 0. The maximum Gasteiger partial charge on any atom is 0.214 e. The molecule has 0 amide bonds. The van der Waals surface area contributed by atoms with Crippen LogP contribution in [0, 0.1) is 0 Å². The number of nitrogens with one attached hydrogen (secondary N) is 1. The largest absolute Gasteiger partial charge is 0.317 e. The van der Waals surface area contributed by atoms with Crippen molar-refractivity contribution in [2.45, 2.75) is 26.3 Å². The van der Waals surface area contributed by atoms with E-state index in [1.54, 1.807) is 19.2 Å². The van der Waals surface area contributed by atoms with Crippen LogP contribution in [0.4, 0.5) is 0 Å². The van der Waals surface area contributed by atoms with Crippen LogP contribution in [0.1, 0.15) is 25.3 Å². The molecule has 1 N–H and O–H groups in total. The molecule has 0 radical (unpaired) electrons. The van der Waals surface area contributed by atoms with E-state index in [1.807, 2.05) is 19.1 Å². The SMILES string of the molecule is CCNCCCCS(=O)(=O)N(C)Cc1cccc(Cl)c1. The quantitative estimate of drug-likeness (QED) is 0.712. The highest BCUT2D eigenvalue weighted by Crippen LogP contribution is 2.14. The molecule has 6 heteroatoms. The van der Waals surface area contributed by atoms with Gasteiger partial charge in [0, 0.05) is 18.6 Å². The van der Waals surface area contributed by atoms with E-state index in [0.717, 1.165) is 25.1 Å². The van der Waals surface area contributed by atoms with Crippen molar-refractivity contribution in [1.29, 1.82) is 0 Å². The summed E-state index contributed by atoms with van der Waals surface area (Å²) in [5, 5.41) is 3.81. The van der Waals surface area contributed by atoms with Gasteiger partial charge in [-0.2, -0.15) is 0 Å². The molecule has 0 aromatic heterocycles. The average molecular weight is 319 g/mol. The van der Waals surface area contributed by atoms with E-state index < -0.39 is 10.0 Å². The molecule has 0 fully saturated rings. The van der Waals surface area contributed by atoms with Crippen LogP contribution in [0.3, 0.4) is 0 Å². The van der Waals surface area contributed by atoms with Crippen molar-refractivity contribution in [3.8, 4) is 0 Å². The van der Waals surface area contributed by atoms with Crippen LogP contribution in [-0.4, -0.2) is 38.6 Å². The fourth-order valence-electron chi connectivity index (χ4n) is 1.86. The molecule has 1 aromatic rings. The van der Waals surface area contributed by atoms with Crippen LogP contribution < -0.4 is 5.32 Å². The van der Waals surface area contributed by atoms with Gasteiger partial charge in [0.2, 0.25) is 10.0 Å². The first-order valence-corrected chi connectivity index (χ1v) is 8.83. The molecule has 20 heavy (non-hydrogen) atoms. The Bertz CT molecular complexity index is 506. The summed E-state index contributed by atoms with van der Waals surface area (Å²) in [7, 11) is -1.58. The molecule has 1 rings (SSSR count). The predicted molar refractivity (Wildman–Crippen MR) is 84.5 cm³/mol. The number of hydrogen-bond donors (Lipinski definition) is 1. The van der Waals surface area contributed by atoms with Crippen LogP contribution in [0.15, 0.2) is 24.3 Å². The Kier molecular flexibility index (Phi) is 7.51. The Balaban J connectivity index is 2.46. The van der Waals surface area contributed by atoms with E-state index in [1.165, 1.54) is 4.31 Å². The van der Waals surface area contributed by atoms with E-state index in [9.17, 15) is 8.42 Å². The smallest absolute Gasteiger partial charge is 0.214 e. The van der Waals surface area contributed by atoms with Gasteiger partial charge in [0.25, 0.3) is 0 Å². The van der Waals surface area contributed by atoms with Crippen LogP contribution in [0.25, 0.3) is 0 Å². The summed E-state index contributed by atoms with van der Waals surface area (Å²) in [6, 6.07) is 7.27. The Morgan fingerprint density at radius 1 is 1.30 bits per heavy atom. The second-order valence-corrected chi connectivity index (χ2v) is 7.39. The fourth-order valence-corrected chi connectivity index (χ4v) is 3.30. The van der Waals surface area contributed by atoms with Crippen molar-refractivity contribution >= 4 is 21.6 Å². The molecule has 0 aliphatic carbocycles. The molecular weight excluding hydrogens is 296 g/mol. The van der Waals surface area contributed by atoms with E-state index >= 15 is 0 Å². The van der Waals surface area contributed by atoms with Gasteiger partial charge in [0.1, 0.15) is 0 Å². The van der Waals surface area contributed by atoms with Crippen LogP contribution in [0.5, 0.6) is 0 Å². The zero-order chi connectivity index (χ0) is 15.0. The number of nitrogens with zero attached hydrogens (tertiary/aromatic N) is 1. The molecule has 0 atom stereocenters. The Hall–Kier alpha value is -0.620. The predicted octanol–water partition coefficient (Wildman–Crippen LogP) is 2.49. The van der Waals surface area contributed by atoms with Gasteiger partial charge in [-0.3, -0.25) is 0 Å². The minimum atomic E-state index is -3.20. The molecule has 0 aliphatic rings. The highest BCUT2D eigenvalue weighted by Gasteiger charge is 2.17. The first kappa shape index (κ1) is 17.4. The molecule has 0 spiro atoms. The van der Waals surface area contributed by atoms with Gasteiger partial charge in [-0.25, -0.2) is 12.7 Å². The van der Waals surface area contributed by atoms with Crippen LogP contribution in [0.2, 0.25) is 5.02 Å². The minimum Gasteiger partial charge on any atom is -0.317 e. The van der Waals surface area contributed by atoms with Gasteiger partial charge in [0.15, 0.2) is 0 Å². The molecule has 0 unspecified atom stereocenters. The maximum absolute atomic E-state index is 12.1. The second kappa shape index (κ2) is 8.62. The van der Waals surface area contributed by atoms with Gasteiger partial charge in [-0.15, -0.1) is 0 Å². The first-order chi connectivity index (χ1) is 9.45. The van der Waals surface area contributed by atoms with Gasteiger partial charge in [0.05, 0.1) is 5.75 Å². The normalized spacial score (nSPS) is 12.0. The Morgan fingerprint density at radius 2 is 2.05 bits per heavy atom. The molecule has 0 bridgehead atoms. The van der Waals surface area contributed by atoms with E-state index in [0.29, 0.717) is 18.0 Å². The first-order valence-electron chi connectivity index (χ1n) is 6.85. The summed E-state index contributed by atoms with van der Waals surface area (Å²) in [6.45, 7) is 4.18. The van der Waals surface area contributed by atoms with Gasteiger partial charge >= 0.3 is 0 Å². The van der Waals surface area contributed by atoms with Crippen molar-refractivity contribution < 1.29 is 8.42 Å². The van der Waals surface area contributed by atoms with E-state index in [2.05, 4.69) is 5.32 Å². The fraction of sp³-hybridized carbons (Fsp3) is 0.571. The van der Waals surface area contributed by atoms with Crippen molar-refractivity contribution in [3.63, 3.8) is 0 Å². The monoisotopic (exact) mass is 318 g/mol. The van der Waals surface area contributed by atoms with Gasteiger partial charge < -0.3 is 5.32 Å². The number of halogens is 1. The lowest BCUT2D eigenvalue weighted by atomic mass is 10.2. The Morgan fingerprint density at radius 3 is 2.70 bits per heavy atom. The molecule has 4 nitrogen and oxygen atoms in total. The number of hydrogen-bond acceptors (Lipinski definition) is 3. The topological polar surface area (TPSA) is 49.4 Å². The molecule has 0 saturated carbocycles. The lowest BCUT2D eigenvalue weighted by Gasteiger charge is -2.17. The summed E-state index contributed by atoms with van der Waals surface area (Å²) >= 11 is 5.90. The third-order valence-corrected chi connectivity index (χ3v) is 5.14. The lowest BCUT2D eigenvalue weighted by molar-refractivity contribution is 0.464. The number of benzene rings is 1. The van der Waals surface area contributed by atoms with E-state index in [4.69, 9.17) is 11.6 Å². The summed E-state index contributed by atoms with van der Waals surface area (Å²) in [6.07, 6.45) is 1.55. The molecule has 0 aliphatic heterocycles. The molecule has 0 heterocycles. The van der Waals surface area contributed by atoms with Gasteiger partial charge in [-0.05, 0) is 43.6 Å². The third kappa shape index (κ3) is 6.22. The van der Waals surface area contributed by atoms with Crippen molar-refractivity contribution in [2.75, 3.05) is 25.9 Å². The molecule has 0 saturated heterocycles. The minimum absolute atomic E-state index is 0.190. The van der Waals surface area contributed by atoms with Crippen LogP contribution >= 0.6 is 11.6 Å².